The van der Waals surface area contributed by atoms with E-state index >= 15 is 0 Å². The first-order valence-corrected chi connectivity index (χ1v) is 9.63. The average molecular weight is 453 g/mol. The van der Waals surface area contributed by atoms with Gasteiger partial charge in [0.2, 0.25) is 0 Å². The van der Waals surface area contributed by atoms with Crippen LogP contribution in [-0.2, 0) is 15.4 Å². The number of carbonyl (C=O) groups excluding carboxylic acids is 1. The van der Waals surface area contributed by atoms with Gasteiger partial charge in [-0.15, -0.1) is 0 Å². The molecule has 140 valence electrons. The summed E-state index contributed by atoms with van der Waals surface area (Å²) in [5.74, 6) is -2.47. The van der Waals surface area contributed by atoms with Gasteiger partial charge < -0.3 is 4.18 Å². The molecule has 2 aromatic carbocycles. The first-order valence-electron chi connectivity index (χ1n) is 8.10. The van der Waals surface area contributed by atoms with Crippen LogP contribution in [0.1, 0.15) is 19.4 Å². The van der Waals surface area contributed by atoms with Crippen molar-refractivity contribution < 1.29 is 17.8 Å². The van der Waals surface area contributed by atoms with Crippen LogP contribution in [0.15, 0.2) is 52.0 Å². The zero-order valence-electron chi connectivity index (χ0n) is 14.5. The van der Waals surface area contributed by atoms with Gasteiger partial charge in [-0.05, 0) is 40.0 Å². The Morgan fingerprint density at radius 2 is 1.96 bits per heavy atom. The van der Waals surface area contributed by atoms with Gasteiger partial charge in [0.15, 0.2) is 16.7 Å². The molecule has 8 heteroatoms. The summed E-state index contributed by atoms with van der Waals surface area (Å²) in [6.45, 7) is 3.28. The predicted molar refractivity (Wildman–Crippen MR) is 104 cm³/mol. The van der Waals surface area contributed by atoms with Gasteiger partial charge in [-0.3, -0.25) is 4.79 Å². The Bertz CT molecular complexity index is 1010. The quantitative estimate of drug-likeness (QED) is 0.464. The minimum Gasteiger partial charge on any atom is -0.384 e. The van der Waals surface area contributed by atoms with Gasteiger partial charge in [-0.1, -0.05) is 37.3 Å². The van der Waals surface area contributed by atoms with E-state index in [2.05, 4.69) is 21.0 Å². The third kappa shape index (κ3) is 3.91. The molecule has 0 radical (unpaired) electrons. The van der Waals surface area contributed by atoms with Crippen LogP contribution in [0.4, 0.5) is 8.78 Å². The summed E-state index contributed by atoms with van der Waals surface area (Å²) >= 11 is 4.24. The number of aryl methyl sites for hydroxylation is 1. The van der Waals surface area contributed by atoms with Gasteiger partial charge in [0.05, 0.1) is 10.2 Å². The Morgan fingerprint density at radius 3 is 2.67 bits per heavy atom. The Balaban J connectivity index is 2.26. The van der Waals surface area contributed by atoms with Gasteiger partial charge in [0.25, 0.3) is 0 Å². The number of hydrogen-bond donors (Lipinski definition) is 0. The van der Waals surface area contributed by atoms with Gasteiger partial charge in [-0.2, -0.15) is 5.10 Å². The summed E-state index contributed by atoms with van der Waals surface area (Å²) in [5.41, 5.74) is 2.34. The molecule has 1 aromatic heterocycles. The minimum atomic E-state index is -1.01. The van der Waals surface area contributed by atoms with Crippen molar-refractivity contribution >= 4 is 33.9 Å². The Morgan fingerprint density at radius 1 is 1.22 bits per heavy atom. The van der Waals surface area contributed by atoms with E-state index in [0.717, 1.165) is 35.7 Å². The molecule has 0 aliphatic rings. The van der Waals surface area contributed by atoms with E-state index in [4.69, 9.17) is 4.18 Å². The number of hydrogen-bond acceptors (Lipinski definition) is 4. The maximum Gasteiger partial charge on any atom is 0.315 e. The molecule has 0 atom stereocenters. The van der Waals surface area contributed by atoms with Crippen molar-refractivity contribution in [3.8, 4) is 16.9 Å². The highest BCUT2D eigenvalue weighted by molar-refractivity contribution is 9.10. The third-order valence-electron chi connectivity index (χ3n) is 3.85. The van der Waals surface area contributed by atoms with E-state index in [-0.39, 0.29) is 5.69 Å². The number of nitrogens with zero attached hydrogens (tertiary/aromatic N) is 2. The fraction of sp³-hybridized carbons (Fsp3) is 0.158. The second-order valence-electron chi connectivity index (χ2n) is 5.62. The largest absolute Gasteiger partial charge is 0.384 e. The van der Waals surface area contributed by atoms with Crippen molar-refractivity contribution in [3.05, 3.63) is 64.1 Å². The molecule has 3 aromatic rings. The van der Waals surface area contributed by atoms with E-state index in [0.29, 0.717) is 15.2 Å². The van der Waals surface area contributed by atoms with Crippen molar-refractivity contribution in [1.82, 2.24) is 9.78 Å². The monoisotopic (exact) mass is 452 g/mol. The normalized spacial score (nSPS) is 10.9. The zero-order valence-corrected chi connectivity index (χ0v) is 16.9. The summed E-state index contributed by atoms with van der Waals surface area (Å²) in [4.78, 5) is 11.2. The van der Waals surface area contributed by atoms with Crippen molar-refractivity contribution in [2.75, 3.05) is 0 Å². The number of halogens is 3. The lowest BCUT2D eigenvalue weighted by Gasteiger charge is -2.12. The average Bonchev–Trinajstić information content (AvgIpc) is 2.98. The third-order valence-corrected chi connectivity index (χ3v) is 5.62. The number of benzene rings is 2. The highest BCUT2D eigenvalue weighted by Gasteiger charge is 2.24. The van der Waals surface area contributed by atoms with Crippen LogP contribution in [0.3, 0.4) is 0 Å². The second kappa shape index (κ2) is 8.22. The lowest BCUT2D eigenvalue weighted by Crippen LogP contribution is -2.05. The molecule has 0 amide bonds. The van der Waals surface area contributed by atoms with E-state index in [1.807, 2.05) is 31.2 Å². The molecular formula is C19H15BrF2N2O2S. The highest BCUT2D eigenvalue weighted by Crippen LogP contribution is 2.40. The van der Waals surface area contributed by atoms with Crippen molar-refractivity contribution in [2.45, 2.75) is 25.3 Å². The molecule has 0 aliphatic carbocycles. The number of carbonyl (C=O) groups is 1. The van der Waals surface area contributed by atoms with Gasteiger partial charge in [-0.25, -0.2) is 13.5 Å². The molecule has 0 bridgehead atoms. The lowest BCUT2D eigenvalue weighted by molar-refractivity contribution is -0.130. The van der Waals surface area contributed by atoms with Crippen LogP contribution < -0.4 is 0 Å². The molecule has 1 heterocycles. The molecule has 0 saturated carbocycles. The molecule has 0 unspecified atom stereocenters. The van der Waals surface area contributed by atoms with E-state index < -0.39 is 17.6 Å². The predicted octanol–water partition coefficient (Wildman–Crippen LogP) is 5.71. The number of rotatable bonds is 5. The fourth-order valence-electron chi connectivity index (χ4n) is 2.65. The molecule has 0 saturated heterocycles. The smallest absolute Gasteiger partial charge is 0.315 e. The summed E-state index contributed by atoms with van der Waals surface area (Å²) in [6.07, 6.45) is 0.742. The van der Waals surface area contributed by atoms with E-state index in [9.17, 15) is 13.6 Å². The number of aromatic nitrogens is 2. The molecule has 27 heavy (non-hydrogen) atoms. The van der Waals surface area contributed by atoms with Crippen LogP contribution in [0.25, 0.3) is 16.9 Å². The Labute approximate surface area is 167 Å². The molecule has 3 rings (SSSR count). The van der Waals surface area contributed by atoms with Crippen molar-refractivity contribution in [3.63, 3.8) is 0 Å². The van der Waals surface area contributed by atoms with Crippen molar-refractivity contribution in [2.24, 2.45) is 0 Å². The van der Waals surface area contributed by atoms with Gasteiger partial charge in [0.1, 0.15) is 17.7 Å². The van der Waals surface area contributed by atoms with Crippen LogP contribution in [0.2, 0.25) is 0 Å². The summed E-state index contributed by atoms with van der Waals surface area (Å²) in [5, 5.41) is 4.68. The zero-order chi connectivity index (χ0) is 19.6. The molecule has 0 N–H and O–H groups in total. The molecule has 0 fully saturated rings. The fourth-order valence-corrected chi connectivity index (χ4v) is 3.79. The topological polar surface area (TPSA) is 44.1 Å². The standard InChI is InChI=1S/C19H15BrF2N2O2S/c1-3-12-7-4-5-8-13(12)18-16(20)19(27-26-11(2)25)23-24(18)15-10-6-9-14(21)17(15)22/h4-10H,3H2,1-2H3. The SMILES string of the molecule is CCc1ccccc1-c1c(Br)c(SOC(C)=O)nn1-c1cccc(F)c1F. The van der Waals surface area contributed by atoms with Crippen molar-refractivity contribution in [1.29, 1.82) is 0 Å². The summed E-state index contributed by atoms with van der Waals surface area (Å²) in [7, 11) is 0. The molecule has 4 nitrogen and oxygen atoms in total. The molecular weight excluding hydrogens is 438 g/mol. The molecule has 0 aliphatic heterocycles. The van der Waals surface area contributed by atoms with Crippen LogP contribution in [-0.4, -0.2) is 15.7 Å². The van der Waals surface area contributed by atoms with E-state index in [1.165, 1.54) is 23.7 Å². The van der Waals surface area contributed by atoms with Crippen LogP contribution in [0, 0.1) is 11.6 Å². The van der Waals surface area contributed by atoms with Gasteiger partial charge in [0, 0.05) is 12.5 Å². The second-order valence-corrected chi connectivity index (χ2v) is 7.13. The molecule has 0 spiro atoms. The Hall–Kier alpha value is -2.19. The van der Waals surface area contributed by atoms with Gasteiger partial charge >= 0.3 is 5.97 Å². The highest BCUT2D eigenvalue weighted by atomic mass is 79.9. The van der Waals surface area contributed by atoms with Crippen LogP contribution >= 0.6 is 28.0 Å². The van der Waals surface area contributed by atoms with E-state index in [1.54, 1.807) is 0 Å². The maximum atomic E-state index is 14.5. The van der Waals surface area contributed by atoms with Crippen LogP contribution in [0.5, 0.6) is 0 Å². The lowest BCUT2D eigenvalue weighted by atomic mass is 10.0. The first-order chi connectivity index (χ1) is 12.9. The maximum absolute atomic E-state index is 14.5. The first kappa shape index (κ1) is 19.6. The minimum absolute atomic E-state index is 0.0359. The summed E-state index contributed by atoms with van der Waals surface area (Å²) < 4.78 is 35.1. The summed E-state index contributed by atoms with van der Waals surface area (Å²) in [6, 6.07) is 11.5. The Kier molecular flexibility index (Phi) is 5.96.